The molecule has 0 saturated carbocycles. The Hall–Kier alpha value is -2.19. The summed E-state index contributed by atoms with van der Waals surface area (Å²) in [7, 11) is -2.04. The molecular formula is C17H20N2O4S2. The van der Waals surface area contributed by atoms with Crippen LogP contribution in [0.3, 0.4) is 0 Å². The average Bonchev–Trinajstić information content (AvgIpc) is 2.59. The van der Waals surface area contributed by atoms with E-state index >= 15 is 0 Å². The zero-order valence-electron chi connectivity index (χ0n) is 14.2. The molecule has 0 saturated heterocycles. The highest BCUT2D eigenvalue weighted by molar-refractivity contribution is 7.98. The molecule has 0 heterocycles. The third-order valence-electron chi connectivity index (χ3n) is 3.40. The second kappa shape index (κ2) is 8.26. The average molecular weight is 380 g/mol. The van der Waals surface area contributed by atoms with Crippen molar-refractivity contribution < 1.29 is 17.9 Å². The molecule has 8 heteroatoms. The molecule has 2 rings (SSSR count). The molecule has 0 aromatic heterocycles. The number of thioether (sulfide) groups is 1. The highest BCUT2D eigenvalue weighted by Gasteiger charge is 2.21. The molecule has 0 aliphatic heterocycles. The molecule has 0 unspecified atom stereocenters. The predicted octanol–water partition coefficient (Wildman–Crippen LogP) is 2.82. The van der Waals surface area contributed by atoms with E-state index in [1.54, 1.807) is 49.6 Å². The highest BCUT2D eigenvalue weighted by atomic mass is 32.2. The van der Waals surface area contributed by atoms with E-state index in [1.807, 2.05) is 12.3 Å². The smallest absolute Gasteiger partial charge is 0.245 e. The minimum atomic E-state index is -3.60. The van der Waals surface area contributed by atoms with Crippen LogP contribution in [0, 0.1) is 0 Å². The number of sulfonamides is 1. The van der Waals surface area contributed by atoms with Crippen LogP contribution in [-0.4, -0.2) is 40.5 Å². The van der Waals surface area contributed by atoms with Crippen molar-refractivity contribution >= 4 is 39.1 Å². The van der Waals surface area contributed by atoms with E-state index in [9.17, 15) is 13.2 Å². The van der Waals surface area contributed by atoms with E-state index in [0.717, 1.165) is 15.5 Å². The molecule has 0 radical (unpaired) electrons. The fraction of sp³-hybridized carbons (Fsp3) is 0.235. The molecule has 2 aromatic rings. The van der Waals surface area contributed by atoms with E-state index in [0.29, 0.717) is 17.1 Å². The van der Waals surface area contributed by atoms with Gasteiger partial charge in [-0.3, -0.25) is 9.10 Å². The minimum absolute atomic E-state index is 0.303. The lowest BCUT2D eigenvalue weighted by Gasteiger charge is -2.22. The number of amides is 1. The van der Waals surface area contributed by atoms with Crippen LogP contribution in [0.15, 0.2) is 53.4 Å². The Labute approximate surface area is 152 Å². The molecule has 134 valence electrons. The van der Waals surface area contributed by atoms with Crippen LogP contribution >= 0.6 is 11.8 Å². The van der Waals surface area contributed by atoms with Crippen LogP contribution in [0.2, 0.25) is 0 Å². The SMILES string of the molecule is COc1ccc(NC(=O)CN(c2cccc(SC)c2)S(C)(=O)=O)cc1. The number of nitrogens with zero attached hydrogens (tertiary/aromatic N) is 1. The van der Waals surface area contributed by atoms with Gasteiger partial charge in [-0.05, 0) is 48.7 Å². The van der Waals surface area contributed by atoms with Gasteiger partial charge >= 0.3 is 0 Å². The molecule has 0 atom stereocenters. The molecule has 2 aromatic carbocycles. The molecule has 0 fully saturated rings. The molecule has 0 bridgehead atoms. The molecular weight excluding hydrogens is 360 g/mol. The van der Waals surface area contributed by atoms with Crippen LogP contribution in [-0.2, 0) is 14.8 Å². The van der Waals surface area contributed by atoms with Gasteiger partial charge in [0, 0.05) is 10.6 Å². The summed E-state index contributed by atoms with van der Waals surface area (Å²) in [6, 6.07) is 13.9. The Morgan fingerprint density at radius 1 is 1.20 bits per heavy atom. The van der Waals surface area contributed by atoms with Gasteiger partial charge in [-0.15, -0.1) is 11.8 Å². The van der Waals surface area contributed by atoms with Gasteiger partial charge in [-0.2, -0.15) is 0 Å². The van der Waals surface area contributed by atoms with Crippen LogP contribution < -0.4 is 14.4 Å². The van der Waals surface area contributed by atoms with Crippen molar-refractivity contribution in [2.45, 2.75) is 4.90 Å². The van der Waals surface area contributed by atoms with Gasteiger partial charge in [-0.25, -0.2) is 8.42 Å². The number of nitrogens with one attached hydrogen (secondary N) is 1. The van der Waals surface area contributed by atoms with Crippen molar-refractivity contribution in [3.05, 3.63) is 48.5 Å². The van der Waals surface area contributed by atoms with E-state index in [4.69, 9.17) is 4.74 Å². The summed E-state index contributed by atoms with van der Waals surface area (Å²) in [5, 5.41) is 2.69. The third-order valence-corrected chi connectivity index (χ3v) is 5.27. The number of methoxy groups -OCH3 is 1. The Balaban J connectivity index is 2.17. The van der Waals surface area contributed by atoms with Gasteiger partial charge < -0.3 is 10.1 Å². The molecule has 1 amide bonds. The Morgan fingerprint density at radius 3 is 2.44 bits per heavy atom. The maximum atomic E-state index is 12.3. The normalized spacial score (nSPS) is 11.0. The number of carbonyl (C=O) groups excluding carboxylic acids is 1. The number of carbonyl (C=O) groups is 1. The largest absolute Gasteiger partial charge is 0.497 e. The predicted molar refractivity (Wildman–Crippen MR) is 102 cm³/mol. The Kier molecular flexibility index (Phi) is 6.33. The first kappa shape index (κ1) is 19.1. The Bertz CT molecular complexity index is 836. The number of ether oxygens (including phenoxy) is 1. The molecule has 6 nitrogen and oxygen atoms in total. The molecule has 0 aliphatic rings. The van der Waals surface area contributed by atoms with Crippen molar-refractivity contribution in [2.24, 2.45) is 0 Å². The minimum Gasteiger partial charge on any atom is -0.497 e. The third kappa shape index (κ3) is 5.40. The van der Waals surface area contributed by atoms with Crippen molar-refractivity contribution in [3.63, 3.8) is 0 Å². The summed E-state index contributed by atoms with van der Waals surface area (Å²) in [6.07, 6.45) is 2.99. The lowest BCUT2D eigenvalue weighted by atomic mass is 10.3. The van der Waals surface area contributed by atoms with Crippen molar-refractivity contribution in [2.75, 3.05) is 35.8 Å². The van der Waals surface area contributed by atoms with E-state index in [2.05, 4.69) is 5.32 Å². The van der Waals surface area contributed by atoms with Gasteiger partial charge in [0.2, 0.25) is 15.9 Å². The summed E-state index contributed by atoms with van der Waals surface area (Å²) >= 11 is 1.50. The lowest BCUT2D eigenvalue weighted by molar-refractivity contribution is -0.114. The van der Waals surface area contributed by atoms with Gasteiger partial charge in [0.15, 0.2) is 0 Å². The van der Waals surface area contributed by atoms with E-state index < -0.39 is 15.9 Å². The number of hydrogen-bond acceptors (Lipinski definition) is 5. The quantitative estimate of drug-likeness (QED) is 0.748. The van der Waals surface area contributed by atoms with Gasteiger partial charge in [0.25, 0.3) is 0 Å². The highest BCUT2D eigenvalue weighted by Crippen LogP contribution is 2.24. The van der Waals surface area contributed by atoms with Crippen LogP contribution in [0.1, 0.15) is 0 Å². The fourth-order valence-electron chi connectivity index (χ4n) is 2.17. The summed E-state index contributed by atoms with van der Waals surface area (Å²) in [5.74, 6) is 0.245. The van der Waals surface area contributed by atoms with Gasteiger partial charge in [0.1, 0.15) is 12.3 Å². The lowest BCUT2D eigenvalue weighted by Crippen LogP contribution is -2.37. The Morgan fingerprint density at radius 2 is 1.88 bits per heavy atom. The standard InChI is InChI=1S/C17H20N2O4S2/c1-23-15-9-7-13(8-10-15)18-17(20)12-19(25(3,21)22)14-5-4-6-16(11-14)24-2/h4-11H,12H2,1-3H3,(H,18,20). The van der Waals surface area contributed by atoms with Crippen LogP contribution in [0.5, 0.6) is 5.75 Å². The van der Waals surface area contributed by atoms with Crippen LogP contribution in [0.25, 0.3) is 0 Å². The summed E-state index contributed by atoms with van der Waals surface area (Å²) in [4.78, 5) is 13.2. The fourth-order valence-corrected chi connectivity index (χ4v) is 3.47. The number of benzene rings is 2. The first-order valence-corrected chi connectivity index (χ1v) is 10.5. The van der Waals surface area contributed by atoms with Crippen molar-refractivity contribution in [3.8, 4) is 5.75 Å². The maximum Gasteiger partial charge on any atom is 0.245 e. The molecule has 0 aliphatic carbocycles. The second-order valence-corrected chi connectivity index (χ2v) is 8.03. The van der Waals surface area contributed by atoms with Gasteiger partial charge in [-0.1, -0.05) is 6.07 Å². The summed E-state index contributed by atoms with van der Waals surface area (Å²) in [5.41, 5.74) is 1.02. The molecule has 1 N–H and O–H groups in total. The summed E-state index contributed by atoms with van der Waals surface area (Å²) < 4.78 is 30.4. The maximum absolute atomic E-state index is 12.3. The first-order valence-electron chi connectivity index (χ1n) is 7.39. The number of anilines is 2. The topological polar surface area (TPSA) is 75.7 Å². The number of hydrogen-bond donors (Lipinski definition) is 1. The van der Waals surface area contributed by atoms with Gasteiger partial charge in [0.05, 0.1) is 19.1 Å². The van der Waals surface area contributed by atoms with E-state index in [-0.39, 0.29) is 6.54 Å². The first-order chi connectivity index (χ1) is 11.8. The second-order valence-electron chi connectivity index (χ2n) is 5.25. The van der Waals surface area contributed by atoms with Crippen molar-refractivity contribution in [1.29, 1.82) is 0 Å². The molecule has 25 heavy (non-hydrogen) atoms. The zero-order valence-corrected chi connectivity index (χ0v) is 15.9. The monoisotopic (exact) mass is 380 g/mol. The van der Waals surface area contributed by atoms with E-state index in [1.165, 1.54) is 11.8 Å². The number of rotatable bonds is 7. The van der Waals surface area contributed by atoms with Crippen molar-refractivity contribution in [1.82, 2.24) is 0 Å². The zero-order chi connectivity index (χ0) is 18.4. The summed E-state index contributed by atoms with van der Waals surface area (Å²) in [6.45, 7) is -0.303. The molecule has 0 spiro atoms. The van der Waals surface area contributed by atoms with Crippen LogP contribution in [0.4, 0.5) is 11.4 Å².